The number of H-pyrrole nitrogens is 1. The largest absolute Gasteiger partial charge is 0.492 e. The smallest absolute Gasteiger partial charge is 0.400 e. The molecule has 2 aromatic rings. The maximum absolute atomic E-state index is 11.4. The van der Waals surface area contributed by atoms with Crippen molar-refractivity contribution < 1.29 is 14.1 Å². The second-order valence-corrected chi connectivity index (χ2v) is 7.40. The summed E-state index contributed by atoms with van der Waals surface area (Å²) < 4.78 is 12.3. The molecule has 1 aliphatic rings. The molecule has 1 saturated heterocycles. The normalized spacial score (nSPS) is 19.4. The number of carbonyl (C=O) groups is 1. The van der Waals surface area contributed by atoms with E-state index in [0.717, 1.165) is 22.1 Å². The Balaban J connectivity index is 1.92. The third-order valence-corrected chi connectivity index (χ3v) is 4.87. The number of carbonyl (C=O) groups excluding carboxylic acids is 1. The molecule has 3 heterocycles. The SMILES string of the molecule is CC(=O)NCC(=Cc1cnc2[nH]ccc2c1)B1OC(C)(C)C(C)(C)O1. The van der Waals surface area contributed by atoms with Gasteiger partial charge in [0.15, 0.2) is 0 Å². The van der Waals surface area contributed by atoms with Crippen LogP contribution in [0.5, 0.6) is 0 Å². The van der Waals surface area contributed by atoms with Crippen LogP contribution >= 0.6 is 0 Å². The highest BCUT2D eigenvalue weighted by molar-refractivity contribution is 6.56. The van der Waals surface area contributed by atoms with Crippen molar-refractivity contribution in [1.29, 1.82) is 0 Å². The lowest BCUT2D eigenvalue weighted by Crippen LogP contribution is -2.41. The van der Waals surface area contributed by atoms with Gasteiger partial charge in [0.2, 0.25) is 5.91 Å². The summed E-state index contributed by atoms with van der Waals surface area (Å²) in [5, 5.41) is 3.87. The minimum absolute atomic E-state index is 0.0957. The fraction of sp³-hybridized carbons (Fsp3) is 0.444. The molecule has 2 N–H and O–H groups in total. The van der Waals surface area contributed by atoms with Crippen LogP contribution in [0.4, 0.5) is 0 Å². The van der Waals surface area contributed by atoms with Crippen molar-refractivity contribution in [3.8, 4) is 0 Å². The maximum Gasteiger partial charge on any atom is 0.492 e. The number of aromatic nitrogens is 2. The van der Waals surface area contributed by atoms with E-state index in [1.807, 2.05) is 52.1 Å². The summed E-state index contributed by atoms with van der Waals surface area (Å²) >= 11 is 0. The molecular formula is C18H24BN3O3. The average Bonchev–Trinajstić information content (AvgIpc) is 3.05. The number of amides is 1. The topological polar surface area (TPSA) is 76.2 Å². The molecule has 1 aliphatic heterocycles. The molecule has 0 atom stereocenters. The zero-order valence-corrected chi connectivity index (χ0v) is 15.3. The van der Waals surface area contributed by atoms with Gasteiger partial charge in [0.05, 0.1) is 11.2 Å². The van der Waals surface area contributed by atoms with Crippen LogP contribution in [-0.2, 0) is 14.1 Å². The van der Waals surface area contributed by atoms with Gasteiger partial charge in [-0.15, -0.1) is 0 Å². The second-order valence-electron chi connectivity index (χ2n) is 7.40. The van der Waals surface area contributed by atoms with Gasteiger partial charge in [0.1, 0.15) is 5.65 Å². The number of nitrogens with one attached hydrogen (secondary N) is 2. The molecule has 0 saturated carbocycles. The van der Waals surface area contributed by atoms with E-state index in [9.17, 15) is 4.79 Å². The van der Waals surface area contributed by atoms with E-state index in [-0.39, 0.29) is 5.91 Å². The zero-order valence-electron chi connectivity index (χ0n) is 15.3. The fourth-order valence-electron chi connectivity index (χ4n) is 2.67. The van der Waals surface area contributed by atoms with Crippen molar-refractivity contribution in [1.82, 2.24) is 15.3 Å². The van der Waals surface area contributed by atoms with Gasteiger partial charge in [-0.05, 0) is 50.9 Å². The summed E-state index contributed by atoms with van der Waals surface area (Å²) in [4.78, 5) is 18.9. The Kier molecular flexibility index (Phi) is 4.47. The first-order valence-corrected chi connectivity index (χ1v) is 8.42. The van der Waals surface area contributed by atoms with Crippen molar-refractivity contribution in [2.75, 3.05) is 6.54 Å². The van der Waals surface area contributed by atoms with Crippen molar-refractivity contribution >= 4 is 30.1 Å². The summed E-state index contributed by atoms with van der Waals surface area (Å²) in [5.74, 6) is -0.0957. The molecule has 0 aliphatic carbocycles. The fourth-order valence-corrected chi connectivity index (χ4v) is 2.67. The molecule has 0 spiro atoms. The van der Waals surface area contributed by atoms with Gasteiger partial charge in [0, 0.05) is 31.2 Å². The molecule has 25 heavy (non-hydrogen) atoms. The Hall–Kier alpha value is -2.12. The van der Waals surface area contributed by atoms with Crippen LogP contribution in [0.15, 0.2) is 30.0 Å². The Bertz CT molecular complexity index is 810. The van der Waals surface area contributed by atoms with Gasteiger partial charge < -0.3 is 19.6 Å². The first kappa shape index (κ1) is 17.7. The van der Waals surface area contributed by atoms with Gasteiger partial charge in [-0.3, -0.25) is 4.79 Å². The number of nitrogens with zero attached hydrogens (tertiary/aromatic N) is 1. The van der Waals surface area contributed by atoms with Gasteiger partial charge in [-0.25, -0.2) is 4.98 Å². The van der Waals surface area contributed by atoms with Crippen LogP contribution in [0.25, 0.3) is 17.1 Å². The van der Waals surface area contributed by atoms with Crippen molar-refractivity contribution in [2.24, 2.45) is 0 Å². The molecule has 132 valence electrons. The van der Waals surface area contributed by atoms with Crippen molar-refractivity contribution in [3.05, 3.63) is 35.6 Å². The lowest BCUT2D eigenvalue weighted by molar-refractivity contribution is -0.118. The Morgan fingerprint density at radius 3 is 2.64 bits per heavy atom. The maximum atomic E-state index is 11.4. The van der Waals surface area contributed by atoms with E-state index in [1.54, 1.807) is 6.20 Å². The monoisotopic (exact) mass is 341 g/mol. The zero-order chi connectivity index (χ0) is 18.2. The highest BCUT2D eigenvalue weighted by Gasteiger charge is 2.52. The van der Waals surface area contributed by atoms with E-state index < -0.39 is 18.3 Å². The number of aromatic amines is 1. The minimum Gasteiger partial charge on any atom is -0.400 e. The first-order chi connectivity index (χ1) is 11.7. The third kappa shape index (κ3) is 3.62. The summed E-state index contributed by atoms with van der Waals surface area (Å²) in [6, 6.07) is 4.01. The number of hydrogen-bond donors (Lipinski definition) is 2. The van der Waals surface area contributed by atoms with Crippen LogP contribution in [-0.4, -0.2) is 40.7 Å². The average molecular weight is 341 g/mol. The Labute approximate surface area is 148 Å². The van der Waals surface area contributed by atoms with Crippen molar-refractivity contribution in [3.63, 3.8) is 0 Å². The number of fused-ring (bicyclic) bond motifs is 1. The second kappa shape index (κ2) is 6.31. The molecule has 1 amide bonds. The van der Waals surface area contributed by atoms with Gasteiger partial charge in [-0.2, -0.15) is 0 Å². The molecule has 0 aromatic carbocycles. The molecular weight excluding hydrogens is 317 g/mol. The van der Waals surface area contributed by atoms with Crippen LogP contribution in [0.1, 0.15) is 40.2 Å². The van der Waals surface area contributed by atoms with Crippen molar-refractivity contribution in [2.45, 2.75) is 45.8 Å². The van der Waals surface area contributed by atoms with E-state index in [2.05, 4.69) is 15.3 Å². The number of pyridine rings is 1. The quantitative estimate of drug-likeness (QED) is 0.839. The van der Waals surface area contributed by atoms with Gasteiger partial charge >= 0.3 is 7.12 Å². The number of hydrogen-bond acceptors (Lipinski definition) is 4. The predicted octanol–water partition coefficient (Wildman–Crippen LogP) is 2.71. The summed E-state index contributed by atoms with van der Waals surface area (Å²) in [7, 11) is -0.515. The lowest BCUT2D eigenvalue weighted by atomic mass is 9.77. The van der Waals surface area contributed by atoms with E-state index >= 15 is 0 Å². The molecule has 1 fully saturated rings. The van der Waals surface area contributed by atoms with Gasteiger partial charge in [-0.1, -0.05) is 6.08 Å². The molecule has 0 unspecified atom stereocenters. The molecule has 7 heteroatoms. The van der Waals surface area contributed by atoms with Crippen LogP contribution < -0.4 is 5.32 Å². The lowest BCUT2D eigenvalue weighted by Gasteiger charge is -2.32. The third-order valence-electron chi connectivity index (χ3n) is 4.87. The molecule has 0 bridgehead atoms. The van der Waals surface area contributed by atoms with Crippen LogP contribution in [0.3, 0.4) is 0 Å². The molecule has 2 aromatic heterocycles. The highest BCUT2D eigenvalue weighted by Crippen LogP contribution is 2.38. The summed E-state index contributed by atoms with van der Waals surface area (Å²) in [6.45, 7) is 9.90. The van der Waals surface area contributed by atoms with Crippen LogP contribution in [0.2, 0.25) is 0 Å². The van der Waals surface area contributed by atoms with Crippen LogP contribution in [0, 0.1) is 0 Å². The number of rotatable bonds is 4. The molecule has 0 radical (unpaired) electrons. The minimum atomic E-state index is -0.515. The standard InChI is InChI=1S/C18H24BN3O3/c1-12(23)21-11-15(19-24-17(2,3)18(4,5)25-19)9-13-8-14-6-7-20-16(14)22-10-13/h6-10H,11H2,1-5H3,(H,20,22)(H,21,23). The summed E-state index contributed by atoms with van der Waals surface area (Å²) in [5.41, 5.74) is 1.76. The predicted molar refractivity (Wildman–Crippen MR) is 98.8 cm³/mol. The molecule has 6 nitrogen and oxygen atoms in total. The van der Waals surface area contributed by atoms with E-state index in [1.165, 1.54) is 6.92 Å². The van der Waals surface area contributed by atoms with E-state index in [4.69, 9.17) is 9.31 Å². The summed E-state index contributed by atoms with van der Waals surface area (Å²) in [6.07, 6.45) is 5.62. The van der Waals surface area contributed by atoms with Gasteiger partial charge in [0.25, 0.3) is 0 Å². The molecule has 3 rings (SSSR count). The Morgan fingerprint density at radius 2 is 2.00 bits per heavy atom. The van der Waals surface area contributed by atoms with E-state index in [0.29, 0.717) is 6.54 Å². The first-order valence-electron chi connectivity index (χ1n) is 8.42. The highest BCUT2D eigenvalue weighted by atomic mass is 16.7. The Morgan fingerprint density at radius 1 is 1.32 bits per heavy atom.